The van der Waals surface area contributed by atoms with Gasteiger partial charge in [0.25, 0.3) is 5.56 Å². The van der Waals surface area contributed by atoms with E-state index < -0.39 is 0 Å². The third kappa shape index (κ3) is 3.63. The van der Waals surface area contributed by atoms with Crippen LogP contribution < -0.4 is 10.9 Å². The molecular weight excluding hydrogens is 360 g/mol. The Kier molecular flexibility index (Phi) is 4.52. The van der Waals surface area contributed by atoms with E-state index in [0.717, 1.165) is 22.0 Å². The van der Waals surface area contributed by atoms with Crippen LogP contribution >= 0.6 is 11.3 Å². The Morgan fingerprint density at radius 1 is 1.11 bits per heavy atom. The van der Waals surface area contributed by atoms with Crippen molar-refractivity contribution in [3.05, 3.63) is 76.0 Å². The highest BCUT2D eigenvalue weighted by atomic mass is 32.1. The van der Waals surface area contributed by atoms with Gasteiger partial charge in [0.2, 0.25) is 5.91 Å². The lowest BCUT2D eigenvalue weighted by atomic mass is 10.0. The van der Waals surface area contributed by atoms with Crippen LogP contribution in [-0.4, -0.2) is 20.7 Å². The predicted octanol–water partition coefficient (Wildman–Crippen LogP) is 3.47. The van der Waals surface area contributed by atoms with Crippen molar-refractivity contribution < 1.29 is 4.79 Å². The van der Waals surface area contributed by atoms with Crippen LogP contribution in [0.1, 0.15) is 5.69 Å². The maximum atomic E-state index is 12.3. The van der Waals surface area contributed by atoms with Crippen LogP contribution in [0.5, 0.6) is 0 Å². The van der Waals surface area contributed by atoms with Gasteiger partial charge in [0.05, 0.1) is 11.4 Å². The topological polar surface area (TPSA) is 76.9 Å². The molecule has 6 nitrogen and oxygen atoms in total. The minimum atomic E-state index is -0.339. The van der Waals surface area contributed by atoms with Gasteiger partial charge < -0.3 is 5.32 Å². The fourth-order valence-electron chi connectivity index (χ4n) is 2.86. The molecule has 0 spiro atoms. The number of aryl methyl sites for hydroxylation is 1. The average molecular weight is 376 g/mol. The lowest BCUT2D eigenvalue weighted by Gasteiger charge is -2.09. The van der Waals surface area contributed by atoms with Crippen LogP contribution in [0, 0.1) is 6.92 Å². The fraction of sp³-hybridized carbons (Fsp3) is 0.100. The van der Waals surface area contributed by atoms with E-state index in [4.69, 9.17) is 0 Å². The number of thiazole rings is 1. The molecule has 0 aliphatic carbocycles. The molecule has 4 rings (SSSR count). The predicted molar refractivity (Wildman–Crippen MR) is 107 cm³/mol. The van der Waals surface area contributed by atoms with Gasteiger partial charge in [-0.15, -0.1) is 11.3 Å². The second-order valence-electron chi connectivity index (χ2n) is 6.08. The summed E-state index contributed by atoms with van der Waals surface area (Å²) < 4.78 is 1.17. The molecular formula is C20H16N4O2S. The summed E-state index contributed by atoms with van der Waals surface area (Å²) in [6.07, 6.45) is 0. The fourth-order valence-corrected chi connectivity index (χ4v) is 3.57. The van der Waals surface area contributed by atoms with E-state index in [2.05, 4.69) is 15.4 Å². The Balaban J connectivity index is 1.65. The highest BCUT2D eigenvalue weighted by Gasteiger charge is 2.11. The molecule has 0 saturated carbocycles. The number of carbonyl (C=O) groups is 1. The first kappa shape index (κ1) is 17.1. The van der Waals surface area contributed by atoms with E-state index in [1.807, 2.05) is 54.8 Å². The van der Waals surface area contributed by atoms with Crippen molar-refractivity contribution in [2.45, 2.75) is 13.5 Å². The number of aromatic nitrogens is 3. The van der Waals surface area contributed by atoms with Crippen LogP contribution in [0.4, 0.5) is 5.13 Å². The SMILES string of the molecule is Cc1csc(NC(=O)Cn2nc(-c3cccc4ccccc34)ccc2=O)n1. The number of carbonyl (C=O) groups excluding carboxylic acids is 1. The third-order valence-corrected chi connectivity index (χ3v) is 4.97. The van der Waals surface area contributed by atoms with Gasteiger partial charge in [0.1, 0.15) is 6.54 Å². The van der Waals surface area contributed by atoms with Crippen molar-refractivity contribution in [1.29, 1.82) is 0 Å². The highest BCUT2D eigenvalue weighted by molar-refractivity contribution is 7.13. The molecule has 0 atom stereocenters. The molecule has 0 saturated heterocycles. The number of amides is 1. The van der Waals surface area contributed by atoms with E-state index >= 15 is 0 Å². The molecule has 2 aromatic carbocycles. The molecule has 0 bridgehead atoms. The lowest BCUT2D eigenvalue weighted by molar-refractivity contribution is -0.117. The molecule has 0 aliphatic heterocycles. The van der Waals surface area contributed by atoms with Crippen molar-refractivity contribution in [3.8, 4) is 11.3 Å². The Bertz CT molecular complexity index is 1190. The molecule has 2 heterocycles. The van der Waals surface area contributed by atoms with E-state index in [1.165, 1.54) is 22.1 Å². The molecule has 27 heavy (non-hydrogen) atoms. The van der Waals surface area contributed by atoms with Gasteiger partial charge in [-0.05, 0) is 23.8 Å². The van der Waals surface area contributed by atoms with Crippen molar-refractivity contribution in [2.24, 2.45) is 0 Å². The smallest absolute Gasteiger partial charge is 0.267 e. The van der Waals surface area contributed by atoms with Crippen molar-refractivity contribution in [2.75, 3.05) is 5.32 Å². The third-order valence-electron chi connectivity index (χ3n) is 4.09. The minimum absolute atomic E-state index is 0.171. The number of fused-ring (bicyclic) bond motifs is 1. The van der Waals surface area contributed by atoms with E-state index in [0.29, 0.717) is 10.8 Å². The maximum Gasteiger partial charge on any atom is 0.267 e. The van der Waals surface area contributed by atoms with Crippen LogP contribution in [-0.2, 0) is 11.3 Å². The molecule has 1 N–H and O–H groups in total. The molecule has 1 amide bonds. The minimum Gasteiger partial charge on any atom is -0.300 e. The number of hydrogen-bond acceptors (Lipinski definition) is 5. The highest BCUT2D eigenvalue weighted by Crippen LogP contribution is 2.26. The van der Waals surface area contributed by atoms with Gasteiger partial charge in [-0.1, -0.05) is 42.5 Å². The number of anilines is 1. The van der Waals surface area contributed by atoms with Crippen molar-refractivity contribution >= 4 is 33.1 Å². The summed E-state index contributed by atoms with van der Waals surface area (Å²) in [5.41, 5.74) is 2.06. The number of rotatable bonds is 4. The zero-order valence-electron chi connectivity index (χ0n) is 14.5. The molecule has 134 valence electrons. The zero-order chi connectivity index (χ0) is 18.8. The summed E-state index contributed by atoms with van der Waals surface area (Å²) in [6.45, 7) is 1.68. The average Bonchev–Trinajstić information content (AvgIpc) is 3.07. The van der Waals surface area contributed by atoms with Crippen molar-refractivity contribution in [3.63, 3.8) is 0 Å². The summed E-state index contributed by atoms with van der Waals surface area (Å²) in [5, 5.41) is 11.6. The van der Waals surface area contributed by atoms with Gasteiger partial charge in [-0.2, -0.15) is 5.10 Å². The second-order valence-corrected chi connectivity index (χ2v) is 6.94. The molecule has 0 unspecified atom stereocenters. The number of nitrogens with zero attached hydrogens (tertiary/aromatic N) is 3. The molecule has 0 aliphatic rings. The Hall–Kier alpha value is -3.32. The van der Waals surface area contributed by atoms with E-state index in [9.17, 15) is 9.59 Å². The Labute approximate surface area is 159 Å². The first-order chi connectivity index (χ1) is 13.1. The summed E-state index contributed by atoms with van der Waals surface area (Å²) in [6, 6.07) is 17.0. The normalized spacial score (nSPS) is 10.9. The standard InChI is InChI=1S/C20H16N4O2S/c1-13-12-27-20(21-13)22-18(25)11-24-19(26)10-9-17(23-24)16-8-4-6-14-5-2-3-7-15(14)16/h2-10,12H,11H2,1H3,(H,21,22,25). The molecule has 0 fully saturated rings. The van der Waals surface area contributed by atoms with Crippen molar-refractivity contribution in [1.82, 2.24) is 14.8 Å². The Morgan fingerprint density at radius 3 is 2.74 bits per heavy atom. The van der Waals surface area contributed by atoms with Crippen LogP contribution in [0.2, 0.25) is 0 Å². The lowest BCUT2D eigenvalue weighted by Crippen LogP contribution is -2.29. The van der Waals surface area contributed by atoms with Gasteiger partial charge in [0.15, 0.2) is 5.13 Å². The summed E-state index contributed by atoms with van der Waals surface area (Å²) >= 11 is 1.34. The largest absolute Gasteiger partial charge is 0.300 e. The van der Waals surface area contributed by atoms with E-state index in [1.54, 1.807) is 6.07 Å². The number of benzene rings is 2. The van der Waals surface area contributed by atoms with Gasteiger partial charge in [-0.25, -0.2) is 9.67 Å². The Morgan fingerprint density at radius 2 is 1.93 bits per heavy atom. The van der Waals surface area contributed by atoms with Gasteiger partial charge >= 0.3 is 0 Å². The second kappa shape index (κ2) is 7.13. The molecule has 7 heteroatoms. The molecule has 4 aromatic rings. The monoisotopic (exact) mass is 376 g/mol. The van der Waals surface area contributed by atoms with Gasteiger partial charge in [-0.3, -0.25) is 9.59 Å². The quantitative estimate of drug-likeness (QED) is 0.592. The van der Waals surface area contributed by atoms with Crippen LogP contribution in [0.25, 0.3) is 22.0 Å². The summed E-state index contributed by atoms with van der Waals surface area (Å²) in [7, 11) is 0. The van der Waals surface area contributed by atoms with Gasteiger partial charge in [0, 0.05) is 17.0 Å². The first-order valence-corrected chi connectivity index (χ1v) is 9.26. The summed E-state index contributed by atoms with van der Waals surface area (Å²) in [4.78, 5) is 28.6. The molecule has 0 radical (unpaired) electrons. The number of nitrogens with one attached hydrogen (secondary N) is 1. The first-order valence-electron chi connectivity index (χ1n) is 8.38. The summed E-state index contributed by atoms with van der Waals surface area (Å²) in [5.74, 6) is -0.339. The maximum absolute atomic E-state index is 12.3. The van der Waals surface area contributed by atoms with Crippen LogP contribution in [0.15, 0.2) is 64.8 Å². The van der Waals surface area contributed by atoms with Crippen LogP contribution in [0.3, 0.4) is 0 Å². The zero-order valence-corrected chi connectivity index (χ0v) is 15.4. The van der Waals surface area contributed by atoms with E-state index in [-0.39, 0.29) is 18.0 Å². The molecule has 2 aromatic heterocycles. The number of hydrogen-bond donors (Lipinski definition) is 1.